The summed E-state index contributed by atoms with van der Waals surface area (Å²) in [6.07, 6.45) is 1.46. The molecule has 3 aromatic carbocycles. The molecule has 0 radical (unpaired) electrons. The number of hydrogen-bond acceptors (Lipinski definition) is 5. The van der Waals surface area contributed by atoms with Crippen molar-refractivity contribution in [1.29, 1.82) is 0 Å². The number of carbonyl (C=O) groups excluding carboxylic acids is 3. The Bertz CT molecular complexity index is 1280. The van der Waals surface area contributed by atoms with Gasteiger partial charge in [-0.25, -0.2) is 9.18 Å². The molecular weight excluding hydrogens is 533 g/mol. The molecule has 1 aliphatic heterocycles. The molecule has 1 fully saturated rings. The maximum atomic E-state index is 14.2. The number of rotatable bonds is 5. The number of nitrogens with zero attached hydrogens (tertiary/aromatic N) is 1. The zero-order chi connectivity index (χ0) is 23.5. The Morgan fingerprint density at radius 1 is 1.09 bits per heavy atom. The van der Waals surface area contributed by atoms with Crippen molar-refractivity contribution in [2.24, 2.45) is 0 Å². The Labute approximate surface area is 206 Å². The van der Waals surface area contributed by atoms with Crippen molar-refractivity contribution < 1.29 is 23.5 Å². The lowest BCUT2D eigenvalue weighted by molar-refractivity contribution is -0.123. The van der Waals surface area contributed by atoms with Crippen LogP contribution in [-0.4, -0.2) is 22.0 Å². The normalized spacial score (nSPS) is 14.8. The van der Waals surface area contributed by atoms with Gasteiger partial charge in [0.05, 0.1) is 17.0 Å². The van der Waals surface area contributed by atoms with Gasteiger partial charge in [0, 0.05) is 20.6 Å². The standard InChI is InChI=1S/C24H14BrClFNO4S/c25-16-9-10-20(32-23(30)14-5-2-1-3-6-14)15(11-16)12-21-22(29)28(24(31)33-21)13-17-18(26)7-4-8-19(17)27/h1-12H,13H2/b21-12-. The summed E-state index contributed by atoms with van der Waals surface area (Å²) in [6.45, 7) is -0.290. The number of benzene rings is 3. The van der Waals surface area contributed by atoms with E-state index in [1.807, 2.05) is 0 Å². The van der Waals surface area contributed by atoms with Crippen LogP contribution in [0, 0.1) is 5.82 Å². The molecule has 166 valence electrons. The molecule has 0 spiro atoms. The van der Waals surface area contributed by atoms with Crippen LogP contribution in [0.5, 0.6) is 5.75 Å². The fourth-order valence-corrected chi connectivity index (χ4v) is 4.51. The fraction of sp³-hybridized carbons (Fsp3) is 0.0417. The lowest BCUT2D eigenvalue weighted by Gasteiger charge is -2.14. The molecule has 4 rings (SSSR count). The molecule has 0 aromatic heterocycles. The van der Waals surface area contributed by atoms with Crippen LogP contribution in [-0.2, 0) is 11.3 Å². The molecule has 0 saturated carbocycles. The monoisotopic (exact) mass is 545 g/mol. The number of imide groups is 1. The first-order valence-electron chi connectivity index (χ1n) is 9.58. The average molecular weight is 547 g/mol. The van der Waals surface area contributed by atoms with Crippen LogP contribution in [0.25, 0.3) is 6.08 Å². The van der Waals surface area contributed by atoms with E-state index in [2.05, 4.69) is 15.9 Å². The summed E-state index contributed by atoms with van der Waals surface area (Å²) in [7, 11) is 0. The van der Waals surface area contributed by atoms with Gasteiger partial charge in [-0.1, -0.05) is 51.8 Å². The summed E-state index contributed by atoms with van der Waals surface area (Å²) >= 11 is 10.1. The third kappa shape index (κ3) is 5.19. The Balaban J connectivity index is 1.61. The van der Waals surface area contributed by atoms with Crippen LogP contribution >= 0.6 is 39.3 Å². The molecule has 1 aliphatic rings. The molecule has 33 heavy (non-hydrogen) atoms. The molecule has 0 aliphatic carbocycles. The number of ether oxygens (including phenoxy) is 1. The Morgan fingerprint density at radius 2 is 1.85 bits per heavy atom. The maximum absolute atomic E-state index is 14.2. The van der Waals surface area contributed by atoms with Crippen molar-refractivity contribution in [3.05, 3.63) is 104 Å². The van der Waals surface area contributed by atoms with E-state index in [-0.39, 0.29) is 27.8 Å². The van der Waals surface area contributed by atoms with Crippen LogP contribution in [0.3, 0.4) is 0 Å². The van der Waals surface area contributed by atoms with Gasteiger partial charge < -0.3 is 4.74 Å². The number of hydrogen-bond donors (Lipinski definition) is 0. The molecule has 9 heteroatoms. The zero-order valence-corrected chi connectivity index (χ0v) is 19.9. The highest BCUT2D eigenvalue weighted by atomic mass is 79.9. The van der Waals surface area contributed by atoms with E-state index in [9.17, 15) is 18.8 Å². The van der Waals surface area contributed by atoms with Crippen LogP contribution in [0.15, 0.2) is 76.1 Å². The first-order valence-corrected chi connectivity index (χ1v) is 11.6. The molecule has 1 saturated heterocycles. The number of carbonyl (C=O) groups is 3. The van der Waals surface area contributed by atoms with Gasteiger partial charge in [0.2, 0.25) is 0 Å². The van der Waals surface area contributed by atoms with Crippen LogP contribution in [0.1, 0.15) is 21.5 Å². The quantitative estimate of drug-likeness (QED) is 0.202. The van der Waals surface area contributed by atoms with Crippen molar-refractivity contribution in [2.45, 2.75) is 6.54 Å². The molecule has 5 nitrogen and oxygen atoms in total. The number of esters is 1. The van der Waals surface area contributed by atoms with E-state index < -0.39 is 22.9 Å². The van der Waals surface area contributed by atoms with Crippen LogP contribution in [0.4, 0.5) is 9.18 Å². The van der Waals surface area contributed by atoms with Gasteiger partial charge >= 0.3 is 5.97 Å². The Morgan fingerprint density at radius 3 is 2.58 bits per heavy atom. The van der Waals surface area contributed by atoms with E-state index in [4.69, 9.17) is 16.3 Å². The molecule has 2 amide bonds. The molecular formula is C24H14BrClFNO4S. The van der Waals surface area contributed by atoms with Crippen molar-refractivity contribution in [3.63, 3.8) is 0 Å². The molecule has 1 heterocycles. The predicted octanol–water partition coefficient (Wildman–Crippen LogP) is 6.70. The highest BCUT2D eigenvalue weighted by molar-refractivity contribution is 9.10. The largest absolute Gasteiger partial charge is 0.422 e. The maximum Gasteiger partial charge on any atom is 0.343 e. The van der Waals surface area contributed by atoms with Crippen molar-refractivity contribution in [3.8, 4) is 5.75 Å². The first kappa shape index (κ1) is 23.2. The topological polar surface area (TPSA) is 63.7 Å². The van der Waals surface area contributed by atoms with Gasteiger partial charge in [-0.2, -0.15) is 0 Å². The fourth-order valence-electron chi connectivity index (χ4n) is 3.08. The minimum absolute atomic E-state index is 0.0580. The predicted molar refractivity (Wildman–Crippen MR) is 128 cm³/mol. The third-order valence-electron chi connectivity index (χ3n) is 4.72. The summed E-state index contributed by atoms with van der Waals surface area (Å²) in [5.41, 5.74) is 0.846. The molecule has 0 atom stereocenters. The van der Waals surface area contributed by atoms with E-state index in [0.29, 0.717) is 27.4 Å². The van der Waals surface area contributed by atoms with Gasteiger partial charge in [-0.05, 0) is 60.3 Å². The van der Waals surface area contributed by atoms with Crippen LogP contribution in [0.2, 0.25) is 5.02 Å². The SMILES string of the molecule is O=C(Oc1ccc(Br)cc1/C=C1\SC(=O)N(Cc2c(F)cccc2Cl)C1=O)c1ccccc1. The van der Waals surface area contributed by atoms with Gasteiger partial charge in [0.25, 0.3) is 11.1 Å². The van der Waals surface area contributed by atoms with E-state index in [0.717, 1.165) is 4.90 Å². The summed E-state index contributed by atoms with van der Waals surface area (Å²) in [4.78, 5) is 38.9. The van der Waals surface area contributed by atoms with Crippen molar-refractivity contribution >= 4 is 62.5 Å². The van der Waals surface area contributed by atoms with Crippen molar-refractivity contribution in [1.82, 2.24) is 4.90 Å². The second kappa shape index (κ2) is 9.91. The van der Waals surface area contributed by atoms with Gasteiger partial charge in [0.1, 0.15) is 11.6 Å². The molecule has 0 bridgehead atoms. The minimum atomic E-state index is -0.604. The summed E-state index contributed by atoms with van der Waals surface area (Å²) < 4.78 is 20.4. The number of amides is 2. The van der Waals surface area contributed by atoms with E-state index in [1.165, 1.54) is 24.3 Å². The van der Waals surface area contributed by atoms with Crippen LogP contribution < -0.4 is 4.74 Å². The third-order valence-corrected chi connectivity index (χ3v) is 6.48. The van der Waals surface area contributed by atoms with E-state index >= 15 is 0 Å². The smallest absolute Gasteiger partial charge is 0.343 e. The Hall–Kier alpha value is -2.94. The number of halogens is 3. The van der Waals surface area contributed by atoms with Gasteiger partial charge in [0.15, 0.2) is 0 Å². The molecule has 3 aromatic rings. The highest BCUT2D eigenvalue weighted by Crippen LogP contribution is 2.36. The molecule has 0 unspecified atom stereocenters. The summed E-state index contributed by atoms with van der Waals surface area (Å²) in [5, 5.41) is -0.427. The average Bonchev–Trinajstić information content (AvgIpc) is 3.05. The highest BCUT2D eigenvalue weighted by Gasteiger charge is 2.36. The van der Waals surface area contributed by atoms with Gasteiger partial charge in [-0.3, -0.25) is 14.5 Å². The molecule has 0 N–H and O–H groups in total. The lowest BCUT2D eigenvalue weighted by atomic mass is 10.1. The van der Waals surface area contributed by atoms with Gasteiger partial charge in [-0.15, -0.1) is 0 Å². The zero-order valence-electron chi connectivity index (χ0n) is 16.8. The van der Waals surface area contributed by atoms with Crippen molar-refractivity contribution in [2.75, 3.05) is 0 Å². The summed E-state index contributed by atoms with van der Waals surface area (Å²) in [6, 6.07) is 17.6. The second-order valence-corrected chi connectivity index (χ2v) is 9.22. The first-order chi connectivity index (χ1) is 15.8. The second-order valence-electron chi connectivity index (χ2n) is 6.91. The Kier molecular flexibility index (Phi) is 6.97. The minimum Gasteiger partial charge on any atom is -0.422 e. The number of thioether (sulfide) groups is 1. The van der Waals surface area contributed by atoms with E-state index in [1.54, 1.807) is 48.5 Å². The summed E-state index contributed by atoms with van der Waals surface area (Å²) in [5.74, 6) is -1.54. The lowest BCUT2D eigenvalue weighted by Crippen LogP contribution is -2.28.